The molecule has 150 valence electrons. The molecule has 0 spiro atoms. The van der Waals surface area contributed by atoms with Gasteiger partial charge in [-0.1, -0.05) is 49.4 Å². The first kappa shape index (κ1) is 23.9. The number of hydrogen-bond acceptors (Lipinski definition) is 3. The van der Waals surface area contributed by atoms with E-state index in [2.05, 4.69) is 40.8 Å². The van der Waals surface area contributed by atoms with Crippen molar-refractivity contribution < 1.29 is 4.74 Å². The zero-order valence-electron chi connectivity index (χ0n) is 16.5. The van der Waals surface area contributed by atoms with Crippen molar-refractivity contribution in [2.75, 3.05) is 19.7 Å². The molecule has 28 heavy (non-hydrogen) atoms. The van der Waals surface area contributed by atoms with Gasteiger partial charge >= 0.3 is 0 Å². The molecule has 0 aliphatic heterocycles. The quantitative estimate of drug-likeness (QED) is 0.315. The predicted molar refractivity (Wildman–Crippen MR) is 125 cm³/mol. The standard InChI is InChI=1S/C22H28N4O.HI/c1-3-24-22(26-15-21-11-7-10-20(12-21)13-23)25-14-18(2)16-27-17-19-8-5-4-6-9-19;/h4-12,18H,3,14-17H2,1-2H3,(H2,24,25,26);1H. The molecule has 0 heterocycles. The largest absolute Gasteiger partial charge is 0.376 e. The van der Waals surface area contributed by atoms with E-state index in [1.807, 2.05) is 43.3 Å². The van der Waals surface area contributed by atoms with Crippen LogP contribution in [0.1, 0.15) is 30.5 Å². The van der Waals surface area contributed by atoms with E-state index in [0.29, 0.717) is 31.2 Å². The number of guanidine groups is 1. The van der Waals surface area contributed by atoms with Gasteiger partial charge in [0.1, 0.15) is 0 Å². The number of nitriles is 1. The monoisotopic (exact) mass is 492 g/mol. The topological polar surface area (TPSA) is 69.4 Å². The van der Waals surface area contributed by atoms with Crippen molar-refractivity contribution in [3.8, 4) is 6.07 Å². The minimum Gasteiger partial charge on any atom is -0.376 e. The van der Waals surface area contributed by atoms with Crippen LogP contribution in [0.15, 0.2) is 59.6 Å². The Morgan fingerprint density at radius 1 is 1.11 bits per heavy atom. The van der Waals surface area contributed by atoms with Crippen molar-refractivity contribution >= 4 is 29.9 Å². The van der Waals surface area contributed by atoms with Crippen LogP contribution in [-0.2, 0) is 17.9 Å². The second-order valence-corrected chi connectivity index (χ2v) is 6.49. The highest BCUT2D eigenvalue weighted by Gasteiger charge is 2.05. The van der Waals surface area contributed by atoms with Crippen LogP contribution in [0, 0.1) is 17.2 Å². The van der Waals surface area contributed by atoms with Crippen molar-refractivity contribution in [2.45, 2.75) is 27.0 Å². The lowest BCUT2D eigenvalue weighted by Gasteiger charge is -2.16. The Balaban J connectivity index is 0.00000392. The number of benzene rings is 2. The lowest BCUT2D eigenvalue weighted by molar-refractivity contribution is 0.0931. The maximum Gasteiger partial charge on any atom is 0.191 e. The molecule has 2 aromatic rings. The van der Waals surface area contributed by atoms with Crippen LogP contribution in [0.3, 0.4) is 0 Å². The molecule has 5 nitrogen and oxygen atoms in total. The third-order valence-corrected chi connectivity index (χ3v) is 3.95. The van der Waals surface area contributed by atoms with Gasteiger partial charge in [0.2, 0.25) is 0 Å². The van der Waals surface area contributed by atoms with E-state index in [-0.39, 0.29) is 24.0 Å². The molecule has 1 atom stereocenters. The van der Waals surface area contributed by atoms with Gasteiger partial charge in [-0.05, 0) is 36.1 Å². The van der Waals surface area contributed by atoms with Crippen molar-refractivity contribution in [3.05, 3.63) is 71.3 Å². The molecule has 0 aromatic heterocycles. The Morgan fingerprint density at radius 2 is 1.86 bits per heavy atom. The molecule has 6 heteroatoms. The summed E-state index contributed by atoms with van der Waals surface area (Å²) in [7, 11) is 0. The Kier molecular flexibility index (Phi) is 11.9. The molecule has 0 aliphatic carbocycles. The number of hydrogen-bond donors (Lipinski definition) is 2. The summed E-state index contributed by atoms with van der Waals surface area (Å²) in [5.41, 5.74) is 2.86. The molecular weight excluding hydrogens is 463 g/mol. The zero-order chi connectivity index (χ0) is 19.3. The summed E-state index contributed by atoms with van der Waals surface area (Å²) in [5.74, 6) is 1.13. The van der Waals surface area contributed by atoms with Crippen LogP contribution in [-0.4, -0.2) is 25.7 Å². The first-order valence-electron chi connectivity index (χ1n) is 9.34. The molecule has 2 rings (SSSR count). The summed E-state index contributed by atoms with van der Waals surface area (Å²) < 4.78 is 5.80. The smallest absolute Gasteiger partial charge is 0.191 e. The molecule has 0 saturated carbocycles. The van der Waals surface area contributed by atoms with E-state index in [9.17, 15) is 0 Å². The minimum atomic E-state index is 0. The van der Waals surface area contributed by atoms with Crippen LogP contribution in [0.5, 0.6) is 0 Å². The third-order valence-electron chi connectivity index (χ3n) is 3.95. The van der Waals surface area contributed by atoms with E-state index < -0.39 is 0 Å². The van der Waals surface area contributed by atoms with Gasteiger partial charge in [0, 0.05) is 13.1 Å². The average Bonchev–Trinajstić information content (AvgIpc) is 2.71. The normalized spacial score (nSPS) is 11.8. The second-order valence-electron chi connectivity index (χ2n) is 6.49. The van der Waals surface area contributed by atoms with Gasteiger partial charge in [0.25, 0.3) is 0 Å². The van der Waals surface area contributed by atoms with Crippen molar-refractivity contribution in [2.24, 2.45) is 10.9 Å². The van der Waals surface area contributed by atoms with Crippen molar-refractivity contribution in [3.63, 3.8) is 0 Å². The lowest BCUT2D eigenvalue weighted by Crippen LogP contribution is -2.40. The van der Waals surface area contributed by atoms with E-state index in [1.54, 1.807) is 6.07 Å². The summed E-state index contributed by atoms with van der Waals surface area (Å²) >= 11 is 0. The molecule has 1 unspecified atom stereocenters. The Labute approximate surface area is 185 Å². The molecule has 0 saturated heterocycles. The van der Waals surface area contributed by atoms with Crippen molar-refractivity contribution in [1.29, 1.82) is 5.26 Å². The van der Waals surface area contributed by atoms with E-state index >= 15 is 0 Å². The summed E-state index contributed by atoms with van der Waals surface area (Å²) in [6, 6.07) is 19.9. The molecule has 2 N–H and O–H groups in total. The first-order chi connectivity index (χ1) is 13.2. The van der Waals surface area contributed by atoms with Gasteiger partial charge in [-0.2, -0.15) is 5.26 Å². The summed E-state index contributed by atoms with van der Waals surface area (Å²) in [6.45, 7) is 7.61. The van der Waals surface area contributed by atoms with Gasteiger partial charge in [-0.25, -0.2) is 4.99 Å². The number of aliphatic imine (C=N–C) groups is 1. The van der Waals surface area contributed by atoms with E-state index in [0.717, 1.165) is 24.6 Å². The number of ether oxygens (including phenoxy) is 1. The maximum atomic E-state index is 8.99. The highest BCUT2D eigenvalue weighted by atomic mass is 127. The Hall–Kier alpha value is -2.11. The summed E-state index contributed by atoms with van der Waals surface area (Å²) in [5, 5.41) is 15.6. The number of nitrogens with one attached hydrogen (secondary N) is 2. The van der Waals surface area contributed by atoms with Crippen LogP contribution >= 0.6 is 24.0 Å². The maximum absolute atomic E-state index is 8.99. The average molecular weight is 492 g/mol. The molecule has 0 aliphatic rings. The van der Waals surface area contributed by atoms with Crippen LogP contribution in [0.2, 0.25) is 0 Å². The molecule has 0 amide bonds. The molecule has 2 aromatic carbocycles. The van der Waals surface area contributed by atoms with Gasteiger partial charge in [-0.3, -0.25) is 0 Å². The predicted octanol–water partition coefficient (Wildman–Crippen LogP) is 4.08. The first-order valence-corrected chi connectivity index (χ1v) is 9.34. The lowest BCUT2D eigenvalue weighted by atomic mass is 10.1. The highest BCUT2D eigenvalue weighted by molar-refractivity contribution is 14.0. The summed E-state index contributed by atoms with van der Waals surface area (Å²) in [4.78, 5) is 4.60. The highest BCUT2D eigenvalue weighted by Crippen LogP contribution is 2.06. The van der Waals surface area contributed by atoms with Crippen molar-refractivity contribution in [1.82, 2.24) is 10.6 Å². The SMILES string of the molecule is CCNC(=NCc1cccc(C#N)c1)NCC(C)COCc1ccccc1.I. The number of rotatable bonds is 9. The molecule has 0 radical (unpaired) electrons. The Morgan fingerprint density at radius 3 is 2.57 bits per heavy atom. The van der Waals surface area contributed by atoms with Crippen LogP contribution in [0.25, 0.3) is 0 Å². The van der Waals surface area contributed by atoms with Crippen LogP contribution < -0.4 is 10.6 Å². The fraction of sp³-hybridized carbons (Fsp3) is 0.364. The third kappa shape index (κ3) is 9.20. The fourth-order valence-electron chi connectivity index (χ4n) is 2.53. The number of halogens is 1. The second kappa shape index (κ2) is 14.0. The van der Waals surface area contributed by atoms with E-state index in [1.165, 1.54) is 5.56 Å². The van der Waals surface area contributed by atoms with Crippen LogP contribution in [0.4, 0.5) is 0 Å². The van der Waals surface area contributed by atoms with Gasteiger partial charge in [0.05, 0.1) is 31.4 Å². The molecule has 0 bridgehead atoms. The zero-order valence-corrected chi connectivity index (χ0v) is 18.9. The minimum absolute atomic E-state index is 0. The van der Waals surface area contributed by atoms with E-state index in [4.69, 9.17) is 10.00 Å². The fourth-order valence-corrected chi connectivity index (χ4v) is 2.53. The number of nitrogens with zero attached hydrogens (tertiary/aromatic N) is 2. The van der Waals surface area contributed by atoms with Gasteiger partial charge < -0.3 is 15.4 Å². The summed E-state index contributed by atoms with van der Waals surface area (Å²) in [6.07, 6.45) is 0. The Bertz CT molecular complexity index is 759. The van der Waals surface area contributed by atoms with Gasteiger partial charge in [-0.15, -0.1) is 24.0 Å². The van der Waals surface area contributed by atoms with Gasteiger partial charge in [0.15, 0.2) is 5.96 Å². The molecule has 0 fully saturated rings. The molecular formula is C22H29IN4O.